The Bertz CT molecular complexity index is 253. The van der Waals surface area contributed by atoms with Gasteiger partial charge in [0, 0.05) is 17.8 Å². The largest absolute Gasteiger partial charge is 0.229 e. The number of hydrogen-bond donors (Lipinski definition) is 0. The van der Waals surface area contributed by atoms with Gasteiger partial charge in [-0.1, -0.05) is 0 Å². The minimum absolute atomic E-state index is 0.00885. The molecule has 0 spiro atoms. The van der Waals surface area contributed by atoms with Crippen LogP contribution in [-0.4, -0.2) is 31.9 Å². The Labute approximate surface area is 78.1 Å². The summed E-state index contributed by atoms with van der Waals surface area (Å²) in [6.07, 6.45) is 1.22. The molecule has 0 bridgehead atoms. The molecule has 0 saturated carbocycles. The Hall–Kier alpha value is -0.210. The molecule has 0 saturated heterocycles. The number of thioether (sulfide) groups is 1. The van der Waals surface area contributed by atoms with Crippen molar-refractivity contribution in [3.8, 4) is 6.07 Å². The van der Waals surface area contributed by atoms with Crippen molar-refractivity contribution >= 4 is 21.6 Å². The number of nitriles is 1. The molecule has 0 aromatic heterocycles. The van der Waals surface area contributed by atoms with E-state index in [0.717, 1.165) is 0 Å². The maximum Gasteiger partial charge on any atom is 0.148 e. The number of sulfone groups is 1. The highest BCUT2D eigenvalue weighted by Crippen LogP contribution is 2.07. The highest BCUT2D eigenvalue weighted by Gasteiger charge is 2.03. The minimum atomic E-state index is -2.83. The van der Waals surface area contributed by atoms with E-state index in [9.17, 15) is 8.42 Å². The molecule has 12 heavy (non-hydrogen) atoms. The summed E-state index contributed by atoms with van der Waals surface area (Å²) in [5.74, 6) is 1.52. The smallest absolute Gasteiger partial charge is 0.148 e. The van der Waals surface area contributed by atoms with Crippen molar-refractivity contribution in [3.63, 3.8) is 0 Å². The topological polar surface area (TPSA) is 57.9 Å². The zero-order valence-corrected chi connectivity index (χ0v) is 8.91. The molecule has 0 aromatic rings. The fraction of sp³-hybridized carbons (Fsp3) is 0.857. The molecule has 0 heterocycles. The lowest BCUT2D eigenvalue weighted by Gasteiger charge is -2.00. The molecule has 1 atom stereocenters. The van der Waals surface area contributed by atoms with Gasteiger partial charge >= 0.3 is 0 Å². The lowest BCUT2D eigenvalue weighted by molar-refractivity contribution is 0.603. The highest BCUT2D eigenvalue weighted by atomic mass is 32.2. The average Bonchev–Trinajstić information content (AvgIpc) is 1.96. The van der Waals surface area contributed by atoms with Gasteiger partial charge in [-0.2, -0.15) is 17.0 Å². The quantitative estimate of drug-likeness (QED) is 0.629. The fourth-order valence-corrected chi connectivity index (χ4v) is 2.78. The van der Waals surface area contributed by atoms with Crippen LogP contribution in [-0.2, 0) is 9.84 Å². The van der Waals surface area contributed by atoms with Gasteiger partial charge in [-0.25, -0.2) is 8.42 Å². The van der Waals surface area contributed by atoms with E-state index in [1.54, 1.807) is 0 Å². The molecule has 70 valence electrons. The van der Waals surface area contributed by atoms with E-state index < -0.39 is 9.84 Å². The monoisotopic (exact) mass is 207 g/mol. The van der Waals surface area contributed by atoms with Gasteiger partial charge < -0.3 is 0 Å². The van der Waals surface area contributed by atoms with E-state index >= 15 is 0 Å². The summed E-state index contributed by atoms with van der Waals surface area (Å²) >= 11 is 1.51. The Morgan fingerprint density at radius 2 is 2.17 bits per heavy atom. The van der Waals surface area contributed by atoms with Crippen LogP contribution >= 0.6 is 11.8 Å². The Morgan fingerprint density at radius 1 is 1.58 bits per heavy atom. The molecule has 5 heteroatoms. The molecule has 0 amide bonds. The third kappa shape index (κ3) is 7.89. The van der Waals surface area contributed by atoms with Gasteiger partial charge in [-0.3, -0.25) is 0 Å². The molecule has 0 N–H and O–H groups in total. The van der Waals surface area contributed by atoms with Crippen molar-refractivity contribution in [3.05, 3.63) is 0 Å². The van der Waals surface area contributed by atoms with E-state index in [0.29, 0.717) is 11.5 Å². The predicted octanol–water partition coefficient (Wildman–Crippen LogP) is 0.924. The SMILES string of the molecule is CC(C#N)CSCCS(C)(=O)=O. The predicted molar refractivity (Wildman–Crippen MR) is 51.8 cm³/mol. The van der Waals surface area contributed by atoms with Gasteiger partial charge in [0.1, 0.15) is 9.84 Å². The summed E-state index contributed by atoms with van der Waals surface area (Å²) < 4.78 is 21.3. The Morgan fingerprint density at radius 3 is 2.58 bits per heavy atom. The van der Waals surface area contributed by atoms with Crippen LogP contribution in [0.5, 0.6) is 0 Å². The van der Waals surface area contributed by atoms with E-state index in [-0.39, 0.29) is 11.7 Å². The highest BCUT2D eigenvalue weighted by molar-refractivity contribution is 8.00. The Balaban J connectivity index is 3.42. The van der Waals surface area contributed by atoms with E-state index in [2.05, 4.69) is 6.07 Å². The molecule has 0 rings (SSSR count). The third-order valence-corrected chi connectivity index (χ3v) is 3.62. The van der Waals surface area contributed by atoms with E-state index in [4.69, 9.17) is 5.26 Å². The van der Waals surface area contributed by atoms with Crippen LogP contribution in [0, 0.1) is 17.2 Å². The van der Waals surface area contributed by atoms with Crippen molar-refractivity contribution in [1.82, 2.24) is 0 Å². The number of nitrogens with zero attached hydrogens (tertiary/aromatic N) is 1. The Kier molecular flexibility index (Phi) is 5.34. The maximum absolute atomic E-state index is 10.7. The fourth-order valence-electron chi connectivity index (χ4n) is 0.508. The first-order chi connectivity index (χ1) is 5.45. The second-order valence-electron chi connectivity index (χ2n) is 2.73. The number of hydrogen-bond acceptors (Lipinski definition) is 4. The summed E-state index contributed by atoms with van der Waals surface area (Å²) in [7, 11) is -2.83. The van der Waals surface area contributed by atoms with Crippen molar-refractivity contribution in [2.75, 3.05) is 23.5 Å². The van der Waals surface area contributed by atoms with E-state index in [1.165, 1.54) is 18.0 Å². The van der Waals surface area contributed by atoms with Gasteiger partial charge in [-0.05, 0) is 6.92 Å². The molecule has 1 unspecified atom stereocenters. The van der Waals surface area contributed by atoms with Gasteiger partial charge in [0.05, 0.1) is 17.7 Å². The van der Waals surface area contributed by atoms with Gasteiger partial charge in [-0.15, -0.1) is 0 Å². The van der Waals surface area contributed by atoms with Crippen LogP contribution in [0.4, 0.5) is 0 Å². The van der Waals surface area contributed by atoms with Crippen molar-refractivity contribution < 1.29 is 8.42 Å². The number of rotatable bonds is 5. The average molecular weight is 207 g/mol. The summed E-state index contributed by atoms with van der Waals surface area (Å²) in [6.45, 7) is 1.83. The second kappa shape index (κ2) is 5.44. The van der Waals surface area contributed by atoms with Gasteiger partial charge in [0.25, 0.3) is 0 Å². The summed E-state index contributed by atoms with van der Waals surface area (Å²) in [5.41, 5.74) is 0. The van der Waals surface area contributed by atoms with E-state index in [1.807, 2.05) is 6.92 Å². The molecule has 0 aliphatic carbocycles. The van der Waals surface area contributed by atoms with Crippen molar-refractivity contribution in [2.45, 2.75) is 6.92 Å². The summed E-state index contributed by atoms with van der Waals surface area (Å²) in [4.78, 5) is 0. The molecule has 3 nitrogen and oxygen atoms in total. The first-order valence-electron chi connectivity index (χ1n) is 3.61. The maximum atomic E-state index is 10.7. The normalized spacial score (nSPS) is 13.8. The third-order valence-electron chi connectivity index (χ3n) is 1.19. The summed E-state index contributed by atoms with van der Waals surface area (Å²) in [6, 6.07) is 2.09. The van der Waals surface area contributed by atoms with Crippen LogP contribution < -0.4 is 0 Å². The minimum Gasteiger partial charge on any atom is -0.229 e. The van der Waals surface area contributed by atoms with Gasteiger partial charge in [0.2, 0.25) is 0 Å². The van der Waals surface area contributed by atoms with Gasteiger partial charge in [0.15, 0.2) is 0 Å². The van der Waals surface area contributed by atoms with Crippen LogP contribution in [0.25, 0.3) is 0 Å². The molecule has 0 aliphatic rings. The van der Waals surface area contributed by atoms with Crippen LogP contribution in [0.2, 0.25) is 0 Å². The lowest BCUT2D eigenvalue weighted by Crippen LogP contribution is -2.06. The molecular formula is C7H13NO2S2. The van der Waals surface area contributed by atoms with Crippen LogP contribution in [0.1, 0.15) is 6.92 Å². The second-order valence-corrected chi connectivity index (χ2v) is 6.14. The van der Waals surface area contributed by atoms with Crippen molar-refractivity contribution in [1.29, 1.82) is 5.26 Å². The molecule has 0 fully saturated rings. The molecule has 0 radical (unpaired) electrons. The van der Waals surface area contributed by atoms with Crippen LogP contribution in [0.15, 0.2) is 0 Å². The molecular weight excluding hydrogens is 194 g/mol. The molecule has 0 aromatic carbocycles. The standard InChI is InChI=1S/C7H13NO2S2/c1-7(5-8)6-11-3-4-12(2,9)10/h7H,3-4,6H2,1-2H3. The van der Waals surface area contributed by atoms with Crippen molar-refractivity contribution in [2.24, 2.45) is 5.92 Å². The molecule has 0 aliphatic heterocycles. The van der Waals surface area contributed by atoms with Crippen LogP contribution in [0.3, 0.4) is 0 Å². The lowest BCUT2D eigenvalue weighted by atomic mass is 10.3. The summed E-state index contributed by atoms with van der Waals surface area (Å²) in [5, 5.41) is 8.41. The first kappa shape index (κ1) is 11.8. The zero-order chi connectivity index (χ0) is 9.61. The first-order valence-corrected chi connectivity index (χ1v) is 6.82. The zero-order valence-electron chi connectivity index (χ0n) is 7.28.